The van der Waals surface area contributed by atoms with Gasteiger partial charge in [0.2, 0.25) is 0 Å². The quantitative estimate of drug-likeness (QED) is 0.168. The van der Waals surface area contributed by atoms with E-state index in [1.807, 2.05) is 83.4 Å². The van der Waals surface area contributed by atoms with Gasteiger partial charge in [0, 0.05) is 32.7 Å². The zero-order valence-corrected chi connectivity index (χ0v) is 28.9. The molecule has 9 aromatic rings. The third-order valence-corrected chi connectivity index (χ3v) is 10.2. The van der Waals surface area contributed by atoms with Crippen LogP contribution in [0.25, 0.3) is 77.2 Å². The molecular weight excluding hydrogens is 723 g/mol. The van der Waals surface area contributed by atoms with Gasteiger partial charge in [0.25, 0.3) is 0 Å². The third kappa shape index (κ3) is 5.46. The maximum absolute atomic E-state index is 14.6. The summed E-state index contributed by atoms with van der Waals surface area (Å²) in [7, 11) is 0. The van der Waals surface area contributed by atoms with E-state index in [4.69, 9.17) is 0 Å². The van der Waals surface area contributed by atoms with Gasteiger partial charge in [0.05, 0.1) is 67.8 Å². The molecular formula is C46H24F6N4. The first kappa shape index (κ1) is 34.5. The Labute approximate surface area is 314 Å². The van der Waals surface area contributed by atoms with Crippen LogP contribution in [0.5, 0.6) is 0 Å². The normalized spacial score (nSPS) is 12.1. The number of aromatic nitrogens is 2. The van der Waals surface area contributed by atoms with Crippen molar-refractivity contribution in [1.29, 1.82) is 10.5 Å². The van der Waals surface area contributed by atoms with Crippen LogP contribution in [0.1, 0.15) is 22.3 Å². The molecule has 0 aliphatic heterocycles. The Kier molecular flexibility index (Phi) is 7.78. The molecule has 7 aromatic carbocycles. The van der Waals surface area contributed by atoms with E-state index in [0.29, 0.717) is 44.3 Å². The Morgan fingerprint density at radius 1 is 0.411 bits per heavy atom. The average molecular weight is 747 g/mol. The van der Waals surface area contributed by atoms with Crippen molar-refractivity contribution < 1.29 is 26.3 Å². The Morgan fingerprint density at radius 2 is 0.911 bits per heavy atom. The zero-order valence-electron chi connectivity index (χ0n) is 28.9. The smallest absolute Gasteiger partial charge is 0.309 e. The second-order valence-electron chi connectivity index (χ2n) is 13.4. The van der Waals surface area contributed by atoms with E-state index in [-0.39, 0.29) is 22.3 Å². The standard InChI is InChI=1S/C46H24F6N4/c47-45(48,49)30-16-20-42(55-39-10-4-1-7-32(39)33-8-2-5-11-40(33)55)35(24-30)29-15-19-44-37(23-29)34-9-3-6-12-41(34)56(44)43-18-14-27(25-53)21-36(43)31-17-13-28(26-54)22-38(31)46(50,51)52/h1-24H. The number of halogens is 6. The van der Waals surface area contributed by atoms with Gasteiger partial charge in [-0.25, -0.2) is 0 Å². The minimum absolute atomic E-state index is 0.110. The lowest BCUT2D eigenvalue weighted by molar-refractivity contribution is -0.138. The summed E-state index contributed by atoms with van der Waals surface area (Å²) in [4.78, 5) is 0. The molecule has 2 aromatic heterocycles. The number of benzene rings is 7. The van der Waals surface area contributed by atoms with E-state index in [1.54, 1.807) is 34.9 Å². The van der Waals surface area contributed by atoms with E-state index in [9.17, 15) is 36.9 Å². The van der Waals surface area contributed by atoms with Gasteiger partial charge in [0.1, 0.15) is 0 Å². The molecule has 0 aliphatic rings. The van der Waals surface area contributed by atoms with E-state index in [2.05, 4.69) is 0 Å². The van der Waals surface area contributed by atoms with Crippen LogP contribution < -0.4 is 0 Å². The zero-order chi connectivity index (χ0) is 38.9. The van der Waals surface area contributed by atoms with E-state index >= 15 is 0 Å². The van der Waals surface area contributed by atoms with Crippen molar-refractivity contribution in [3.05, 3.63) is 168 Å². The van der Waals surface area contributed by atoms with Crippen molar-refractivity contribution in [2.75, 3.05) is 0 Å². The van der Waals surface area contributed by atoms with Gasteiger partial charge in [-0.15, -0.1) is 0 Å². The van der Waals surface area contributed by atoms with Crippen LogP contribution >= 0.6 is 0 Å². The summed E-state index contributed by atoms with van der Waals surface area (Å²) < 4.78 is 90.6. The summed E-state index contributed by atoms with van der Waals surface area (Å²) in [5.41, 5.74) is 2.55. The maximum Gasteiger partial charge on any atom is 0.417 e. The molecule has 0 saturated carbocycles. The van der Waals surface area contributed by atoms with E-state index in [1.165, 1.54) is 30.3 Å². The largest absolute Gasteiger partial charge is 0.417 e. The van der Waals surface area contributed by atoms with E-state index < -0.39 is 23.5 Å². The molecule has 0 fully saturated rings. The number of fused-ring (bicyclic) bond motifs is 6. The summed E-state index contributed by atoms with van der Waals surface area (Å²) in [6.45, 7) is 0. The first-order chi connectivity index (χ1) is 27.0. The fourth-order valence-electron chi connectivity index (χ4n) is 7.82. The lowest BCUT2D eigenvalue weighted by atomic mass is 9.94. The molecule has 4 nitrogen and oxygen atoms in total. The maximum atomic E-state index is 14.6. The molecule has 56 heavy (non-hydrogen) atoms. The summed E-state index contributed by atoms with van der Waals surface area (Å²) in [5, 5.41) is 22.5. The molecule has 0 unspecified atom stereocenters. The minimum Gasteiger partial charge on any atom is -0.309 e. The highest BCUT2D eigenvalue weighted by Gasteiger charge is 2.35. The van der Waals surface area contributed by atoms with Gasteiger partial charge in [-0.2, -0.15) is 36.9 Å². The minimum atomic E-state index is -4.82. The highest BCUT2D eigenvalue weighted by Crippen LogP contribution is 2.44. The Balaban J connectivity index is 1.33. The van der Waals surface area contributed by atoms with Gasteiger partial charge >= 0.3 is 12.4 Å². The predicted octanol–water partition coefficient (Wildman–Crippen LogP) is 13.0. The Bertz CT molecular complexity index is 3100. The van der Waals surface area contributed by atoms with Crippen molar-refractivity contribution in [3.8, 4) is 45.8 Å². The summed E-state index contributed by atoms with van der Waals surface area (Å²) >= 11 is 0. The van der Waals surface area contributed by atoms with Gasteiger partial charge in [0.15, 0.2) is 0 Å². The lowest BCUT2D eigenvalue weighted by Crippen LogP contribution is -2.09. The van der Waals surface area contributed by atoms with Gasteiger partial charge in [-0.05, 0) is 90.0 Å². The predicted molar refractivity (Wildman–Crippen MR) is 205 cm³/mol. The average Bonchev–Trinajstić information content (AvgIpc) is 3.72. The van der Waals surface area contributed by atoms with Crippen molar-refractivity contribution in [2.24, 2.45) is 0 Å². The van der Waals surface area contributed by atoms with Crippen LogP contribution in [0.3, 0.4) is 0 Å². The van der Waals surface area contributed by atoms with Crippen LogP contribution in [0, 0.1) is 22.7 Å². The molecule has 0 atom stereocenters. The summed E-state index contributed by atoms with van der Waals surface area (Å²) in [6.07, 6.45) is -9.45. The van der Waals surface area contributed by atoms with Crippen molar-refractivity contribution >= 4 is 43.6 Å². The first-order valence-electron chi connectivity index (χ1n) is 17.4. The molecule has 0 bridgehead atoms. The number of nitrogens with zero attached hydrogens (tertiary/aromatic N) is 4. The molecule has 0 aliphatic carbocycles. The Morgan fingerprint density at radius 3 is 1.48 bits per heavy atom. The number of hydrogen-bond acceptors (Lipinski definition) is 2. The molecule has 2 heterocycles. The summed E-state index contributed by atoms with van der Waals surface area (Å²) in [5.74, 6) is 0. The summed E-state index contributed by atoms with van der Waals surface area (Å²) in [6, 6.07) is 43.3. The van der Waals surface area contributed by atoms with Crippen molar-refractivity contribution in [2.45, 2.75) is 12.4 Å². The first-order valence-corrected chi connectivity index (χ1v) is 17.4. The number of alkyl halides is 6. The van der Waals surface area contributed by atoms with Crippen LogP contribution in [0.2, 0.25) is 0 Å². The molecule has 270 valence electrons. The monoisotopic (exact) mass is 746 g/mol. The van der Waals surface area contributed by atoms with Crippen LogP contribution in [0.15, 0.2) is 146 Å². The number of para-hydroxylation sites is 3. The lowest BCUT2D eigenvalue weighted by Gasteiger charge is -2.19. The highest BCUT2D eigenvalue weighted by atomic mass is 19.4. The van der Waals surface area contributed by atoms with Crippen LogP contribution in [-0.2, 0) is 12.4 Å². The van der Waals surface area contributed by atoms with Crippen molar-refractivity contribution in [1.82, 2.24) is 9.13 Å². The Hall–Kier alpha value is -7.30. The number of hydrogen-bond donors (Lipinski definition) is 0. The molecule has 0 radical (unpaired) electrons. The molecule has 10 heteroatoms. The molecule has 0 saturated heterocycles. The SMILES string of the molecule is N#Cc1ccc(-n2c3ccccc3c3cc(-c4cc(C(F)(F)F)ccc4-n4c5ccccc5c5ccccc54)ccc32)c(-c2ccc(C#N)cc2C(F)(F)F)c1. The van der Waals surface area contributed by atoms with Gasteiger partial charge < -0.3 is 9.13 Å². The number of nitriles is 2. The topological polar surface area (TPSA) is 57.4 Å². The fourth-order valence-corrected chi connectivity index (χ4v) is 7.82. The number of rotatable bonds is 4. The highest BCUT2D eigenvalue weighted by molar-refractivity contribution is 6.12. The molecule has 0 N–H and O–H groups in total. The van der Waals surface area contributed by atoms with Crippen LogP contribution in [0.4, 0.5) is 26.3 Å². The van der Waals surface area contributed by atoms with Gasteiger partial charge in [-0.1, -0.05) is 66.7 Å². The van der Waals surface area contributed by atoms with E-state index in [0.717, 1.165) is 40.0 Å². The molecule has 0 amide bonds. The third-order valence-electron chi connectivity index (χ3n) is 10.2. The van der Waals surface area contributed by atoms with Gasteiger partial charge in [-0.3, -0.25) is 0 Å². The molecule has 0 spiro atoms. The molecule has 9 rings (SSSR count). The van der Waals surface area contributed by atoms with Crippen molar-refractivity contribution in [3.63, 3.8) is 0 Å². The fraction of sp³-hybridized carbons (Fsp3) is 0.0435. The van der Waals surface area contributed by atoms with Crippen LogP contribution in [-0.4, -0.2) is 9.13 Å². The second-order valence-corrected chi connectivity index (χ2v) is 13.4. The second kappa shape index (κ2) is 12.6.